The van der Waals surface area contributed by atoms with Crippen molar-refractivity contribution in [2.75, 3.05) is 26.6 Å². The fraction of sp³-hybridized carbons (Fsp3) is 0.792. The molecule has 0 aromatic carbocycles. The topological polar surface area (TPSA) is 44.8 Å². The summed E-state index contributed by atoms with van der Waals surface area (Å²) >= 11 is -2.32. The first-order chi connectivity index (χ1) is 13.8. The van der Waals surface area contributed by atoms with Crippen LogP contribution in [-0.2, 0) is 19.0 Å². The van der Waals surface area contributed by atoms with Gasteiger partial charge in [0.1, 0.15) is 0 Å². The number of rotatable bonds is 14. The minimum atomic E-state index is -2.32. The predicted octanol–water partition coefficient (Wildman–Crippen LogP) is 6.29. The molecule has 1 aliphatic heterocycles. The summed E-state index contributed by atoms with van der Waals surface area (Å²) in [5.41, 5.74) is 1.25. The summed E-state index contributed by atoms with van der Waals surface area (Å²) < 4.78 is 17.8. The van der Waals surface area contributed by atoms with Crippen LogP contribution in [0.4, 0.5) is 0 Å². The van der Waals surface area contributed by atoms with Crippen molar-refractivity contribution >= 4 is 32.4 Å². The van der Waals surface area contributed by atoms with Crippen molar-refractivity contribution in [3.63, 3.8) is 0 Å². The Balaban J connectivity index is 2.30. The molecule has 1 fully saturated rings. The molecule has 1 saturated heterocycles. The van der Waals surface area contributed by atoms with Crippen molar-refractivity contribution < 1.29 is 19.0 Å². The molecule has 174 valence electrons. The van der Waals surface area contributed by atoms with Gasteiger partial charge in [0.15, 0.2) is 0 Å². The number of carbonyl (C=O) groups is 1. The Hall–Kier alpha value is -0.114. The Labute approximate surface area is 190 Å². The van der Waals surface area contributed by atoms with Crippen LogP contribution in [-0.4, -0.2) is 59.0 Å². The maximum absolute atomic E-state index is 12.3. The Kier molecular flexibility index (Phi) is 11.9. The number of ether oxygens (including phenoxy) is 3. The van der Waals surface area contributed by atoms with Crippen LogP contribution >= 0.6 is 0 Å². The standard InChI is InChI=1S/C21H37O4Si.3CH3.Sn/c1-7-20-19(15-25-21(20)22)13-17(2)9-8-10-18(3)14-24-16-23-11-12-26(4,5)6;;;;/h10,17,19-20H,1,8-9,11-16H2,2-6H3;3*1H3;/b18-10+;;;;/t17-,19-,20-;;;;/m0..../s1. The van der Waals surface area contributed by atoms with Gasteiger partial charge in [0, 0.05) is 14.7 Å². The van der Waals surface area contributed by atoms with E-state index in [-0.39, 0.29) is 11.9 Å². The molecule has 0 aromatic rings. The number of esters is 1. The van der Waals surface area contributed by atoms with E-state index in [9.17, 15) is 4.79 Å². The molecular weight excluding hydrogens is 499 g/mol. The van der Waals surface area contributed by atoms with Crippen molar-refractivity contribution in [2.24, 2.45) is 17.8 Å². The van der Waals surface area contributed by atoms with Crippen molar-refractivity contribution in [3.8, 4) is 0 Å². The van der Waals surface area contributed by atoms with Crippen LogP contribution in [0, 0.1) is 17.8 Å². The van der Waals surface area contributed by atoms with Crippen LogP contribution < -0.4 is 0 Å². The van der Waals surface area contributed by atoms with Gasteiger partial charge in [-0.2, -0.15) is 0 Å². The van der Waals surface area contributed by atoms with Crippen molar-refractivity contribution in [1.29, 1.82) is 0 Å². The summed E-state index contributed by atoms with van der Waals surface area (Å²) in [7, 11) is -1.03. The van der Waals surface area contributed by atoms with E-state index in [1.807, 2.05) is 0 Å². The average Bonchev–Trinajstić information content (AvgIpc) is 2.95. The Bertz CT molecular complexity index is 589. The number of hydrogen-bond acceptors (Lipinski definition) is 4. The van der Waals surface area contributed by atoms with Crippen LogP contribution in [0.2, 0.25) is 40.5 Å². The fourth-order valence-electron chi connectivity index (χ4n) is 3.67. The molecule has 30 heavy (non-hydrogen) atoms. The third-order valence-corrected chi connectivity index (χ3v) is 13.9. The first kappa shape index (κ1) is 27.9. The maximum atomic E-state index is 12.3. The van der Waals surface area contributed by atoms with Gasteiger partial charge in [-0.05, 0) is 6.04 Å². The Morgan fingerprint density at radius 2 is 1.97 bits per heavy atom. The van der Waals surface area contributed by atoms with E-state index in [1.54, 1.807) is 0 Å². The van der Waals surface area contributed by atoms with Gasteiger partial charge in [0.2, 0.25) is 0 Å². The van der Waals surface area contributed by atoms with E-state index >= 15 is 0 Å². The fourth-order valence-corrected chi connectivity index (χ4v) is 8.10. The quantitative estimate of drug-likeness (QED) is 0.0847. The van der Waals surface area contributed by atoms with Gasteiger partial charge in [-0.3, -0.25) is 0 Å². The van der Waals surface area contributed by atoms with Gasteiger partial charge in [0.05, 0.1) is 0 Å². The van der Waals surface area contributed by atoms with E-state index in [2.05, 4.69) is 61.0 Å². The molecule has 0 radical (unpaired) electrons. The molecule has 6 heteroatoms. The zero-order chi connectivity index (χ0) is 22.9. The molecule has 0 spiro atoms. The van der Waals surface area contributed by atoms with Crippen LogP contribution in [0.25, 0.3) is 0 Å². The van der Waals surface area contributed by atoms with E-state index in [1.165, 1.54) is 15.2 Å². The monoisotopic (exact) mass is 546 g/mol. The number of hydrogen-bond donors (Lipinski definition) is 0. The second-order valence-electron chi connectivity index (χ2n) is 11.3. The van der Waals surface area contributed by atoms with Crippen LogP contribution in [0.3, 0.4) is 0 Å². The first-order valence-electron chi connectivity index (χ1n) is 11.5. The van der Waals surface area contributed by atoms with Crippen LogP contribution in [0.5, 0.6) is 0 Å². The van der Waals surface area contributed by atoms with E-state index < -0.39 is 26.5 Å². The summed E-state index contributed by atoms with van der Waals surface area (Å²) in [4.78, 5) is 19.3. The first-order valence-corrected chi connectivity index (χ1v) is 25.2. The second kappa shape index (κ2) is 12.8. The third-order valence-electron chi connectivity index (χ3n) is 5.85. The molecule has 0 aromatic heterocycles. The molecular formula is C24H46O4SiSn. The van der Waals surface area contributed by atoms with Gasteiger partial charge >= 0.3 is 146 Å². The molecule has 0 unspecified atom stereocenters. The van der Waals surface area contributed by atoms with Gasteiger partial charge < -0.3 is 4.74 Å². The van der Waals surface area contributed by atoms with Crippen molar-refractivity contribution in [3.05, 3.63) is 21.8 Å². The molecule has 0 amide bonds. The summed E-state index contributed by atoms with van der Waals surface area (Å²) in [5, 5.41) is 0. The summed E-state index contributed by atoms with van der Waals surface area (Å²) in [6, 6.07) is 1.17. The summed E-state index contributed by atoms with van der Waals surface area (Å²) in [6.07, 6.45) is 5.47. The predicted molar refractivity (Wildman–Crippen MR) is 132 cm³/mol. The molecule has 0 N–H and O–H groups in total. The second-order valence-corrected chi connectivity index (χ2v) is 31.6. The molecule has 3 atom stereocenters. The van der Waals surface area contributed by atoms with E-state index in [0.717, 1.165) is 25.9 Å². The van der Waals surface area contributed by atoms with Gasteiger partial charge in [0.25, 0.3) is 0 Å². The molecule has 1 aliphatic rings. The number of carbonyl (C=O) groups excluding carboxylic acids is 1. The zero-order valence-electron chi connectivity index (χ0n) is 20.8. The van der Waals surface area contributed by atoms with E-state index in [0.29, 0.717) is 31.8 Å². The normalized spacial score (nSPS) is 21.6. The average molecular weight is 545 g/mol. The van der Waals surface area contributed by atoms with Crippen molar-refractivity contribution in [2.45, 2.75) is 73.6 Å². The molecule has 1 rings (SSSR count). The van der Waals surface area contributed by atoms with Crippen LogP contribution in [0.1, 0.15) is 33.1 Å². The Morgan fingerprint density at radius 3 is 2.57 bits per heavy atom. The van der Waals surface area contributed by atoms with Crippen LogP contribution in [0.15, 0.2) is 21.8 Å². The minimum absolute atomic E-state index is 0.0382. The molecule has 0 bridgehead atoms. The van der Waals surface area contributed by atoms with Gasteiger partial charge in [-0.1, -0.05) is 19.6 Å². The van der Waals surface area contributed by atoms with Crippen molar-refractivity contribution in [1.82, 2.24) is 0 Å². The number of cyclic esters (lactones) is 1. The molecule has 4 nitrogen and oxygen atoms in total. The SMILES string of the molecule is C=[C]([C@@H]1C(=O)OC[C@@H]1C[C@@H](C)CC/C=C(\C)COCOCC[Si](C)(C)C)[Sn]([CH3])([CH3])[CH3]. The summed E-state index contributed by atoms with van der Waals surface area (Å²) in [5.74, 6) is 0.765. The van der Waals surface area contributed by atoms with Gasteiger partial charge in [-0.15, -0.1) is 0 Å². The Morgan fingerprint density at radius 1 is 1.30 bits per heavy atom. The molecule has 0 saturated carbocycles. The summed E-state index contributed by atoms with van der Waals surface area (Å²) in [6.45, 7) is 18.2. The third kappa shape index (κ3) is 11.0. The molecule has 0 aliphatic carbocycles. The zero-order valence-corrected chi connectivity index (χ0v) is 24.7. The number of allylic oxidation sites excluding steroid dienone is 1. The molecule has 1 heterocycles. The van der Waals surface area contributed by atoms with Gasteiger partial charge in [-0.25, -0.2) is 0 Å². The van der Waals surface area contributed by atoms with E-state index in [4.69, 9.17) is 14.2 Å².